The van der Waals surface area contributed by atoms with E-state index in [1.54, 1.807) is 11.8 Å². The molecule has 0 unspecified atom stereocenters. The van der Waals surface area contributed by atoms with Crippen molar-refractivity contribution in [2.75, 3.05) is 30.3 Å². The van der Waals surface area contributed by atoms with Gasteiger partial charge in [-0.15, -0.1) is 0 Å². The van der Waals surface area contributed by atoms with E-state index in [1.165, 1.54) is 19.3 Å². The zero-order chi connectivity index (χ0) is 17.9. The number of carbonyl (C=O) groups is 1. The summed E-state index contributed by atoms with van der Waals surface area (Å²) in [5.41, 5.74) is 0.871. The molecule has 8 heteroatoms. The van der Waals surface area contributed by atoms with Gasteiger partial charge in [-0.2, -0.15) is 5.10 Å². The lowest BCUT2D eigenvalue weighted by atomic mass is 9.85. The number of rotatable bonds is 7. The van der Waals surface area contributed by atoms with Crippen molar-refractivity contribution in [1.29, 1.82) is 0 Å². The molecular formula is C18H26N6OS. The van der Waals surface area contributed by atoms with Crippen LogP contribution in [0.1, 0.15) is 39.0 Å². The van der Waals surface area contributed by atoms with E-state index in [-0.39, 0.29) is 11.8 Å². The Morgan fingerprint density at radius 1 is 1.27 bits per heavy atom. The number of hydrogen-bond donors (Lipinski definition) is 1. The van der Waals surface area contributed by atoms with Crippen LogP contribution in [0, 0.1) is 5.92 Å². The highest BCUT2D eigenvalue weighted by Crippen LogP contribution is 2.29. The summed E-state index contributed by atoms with van der Waals surface area (Å²) in [6.45, 7) is 5.43. The van der Waals surface area contributed by atoms with Crippen LogP contribution < -0.4 is 10.2 Å². The zero-order valence-corrected chi connectivity index (χ0v) is 16.1. The fraction of sp³-hybridized carbons (Fsp3) is 0.667. The minimum atomic E-state index is 0.183. The first-order valence-electron chi connectivity index (χ1n) is 9.65. The van der Waals surface area contributed by atoms with Crippen LogP contribution in [0.5, 0.6) is 0 Å². The van der Waals surface area contributed by atoms with Crippen LogP contribution in [-0.4, -0.2) is 51.0 Å². The highest BCUT2D eigenvalue weighted by atomic mass is 32.2. The molecule has 140 valence electrons. The number of amides is 1. The smallest absolute Gasteiger partial charge is 0.223 e. The van der Waals surface area contributed by atoms with Gasteiger partial charge in [0.2, 0.25) is 5.91 Å². The van der Waals surface area contributed by atoms with Crippen molar-refractivity contribution in [3.05, 3.63) is 6.20 Å². The van der Waals surface area contributed by atoms with Crippen LogP contribution in [0.3, 0.4) is 0 Å². The molecule has 0 radical (unpaired) electrons. The number of aromatic nitrogens is 4. The van der Waals surface area contributed by atoms with E-state index in [2.05, 4.69) is 22.2 Å². The second kappa shape index (κ2) is 7.82. The number of nitrogens with zero attached hydrogens (tertiary/aromatic N) is 5. The average Bonchev–Trinajstić information content (AvgIpc) is 3.23. The van der Waals surface area contributed by atoms with E-state index in [4.69, 9.17) is 9.97 Å². The zero-order valence-electron chi connectivity index (χ0n) is 15.3. The first-order chi connectivity index (χ1) is 12.8. The normalized spacial score (nSPS) is 17.7. The minimum Gasteiger partial charge on any atom is -0.356 e. The second-order valence-corrected chi connectivity index (χ2v) is 8.21. The summed E-state index contributed by atoms with van der Waals surface area (Å²) in [5.74, 6) is 2.35. The molecule has 1 amide bonds. The van der Waals surface area contributed by atoms with Gasteiger partial charge in [0.15, 0.2) is 10.8 Å². The highest BCUT2D eigenvalue weighted by Gasteiger charge is 2.25. The lowest BCUT2D eigenvalue weighted by molar-refractivity contribution is -0.127. The van der Waals surface area contributed by atoms with Gasteiger partial charge in [0.05, 0.1) is 18.1 Å². The third-order valence-corrected chi connectivity index (χ3v) is 5.96. The molecule has 7 nitrogen and oxygen atoms in total. The van der Waals surface area contributed by atoms with Gasteiger partial charge in [0, 0.05) is 25.6 Å². The van der Waals surface area contributed by atoms with Crippen LogP contribution in [0.4, 0.5) is 5.82 Å². The molecule has 0 spiro atoms. The van der Waals surface area contributed by atoms with E-state index >= 15 is 0 Å². The standard InChI is InChI=1S/C18H26N6OS/c1-2-26-18-21-15(23-9-3-4-10-23)14-12-20-24(16(14)22-18)11-8-19-17(25)13-6-5-7-13/h12-13H,2-11H2,1H3,(H,19,25). The van der Waals surface area contributed by atoms with Crippen LogP contribution in [0.25, 0.3) is 11.0 Å². The molecular weight excluding hydrogens is 348 g/mol. The van der Waals surface area contributed by atoms with Gasteiger partial charge in [-0.1, -0.05) is 25.1 Å². The number of anilines is 1. The van der Waals surface area contributed by atoms with Crippen molar-refractivity contribution >= 4 is 34.5 Å². The Kier molecular flexibility index (Phi) is 5.28. The summed E-state index contributed by atoms with van der Waals surface area (Å²) >= 11 is 1.66. The summed E-state index contributed by atoms with van der Waals surface area (Å²) < 4.78 is 1.90. The molecule has 1 N–H and O–H groups in total. The van der Waals surface area contributed by atoms with Crippen molar-refractivity contribution < 1.29 is 4.79 Å². The maximum atomic E-state index is 12.0. The van der Waals surface area contributed by atoms with E-state index in [0.29, 0.717) is 13.1 Å². The monoisotopic (exact) mass is 374 g/mol. The van der Waals surface area contributed by atoms with E-state index < -0.39 is 0 Å². The first kappa shape index (κ1) is 17.6. The molecule has 2 aromatic heterocycles. The molecule has 2 aliphatic rings. The van der Waals surface area contributed by atoms with Gasteiger partial charge in [-0.05, 0) is 31.4 Å². The molecule has 2 aromatic rings. The summed E-state index contributed by atoms with van der Waals surface area (Å²) in [5, 5.41) is 9.39. The Morgan fingerprint density at radius 3 is 2.77 bits per heavy atom. The Labute approximate surface area is 157 Å². The third kappa shape index (κ3) is 3.51. The minimum absolute atomic E-state index is 0.183. The van der Waals surface area contributed by atoms with Crippen molar-refractivity contribution in [3.63, 3.8) is 0 Å². The lowest BCUT2D eigenvalue weighted by Crippen LogP contribution is -2.36. The predicted molar refractivity (Wildman–Crippen MR) is 104 cm³/mol. The van der Waals surface area contributed by atoms with Gasteiger partial charge >= 0.3 is 0 Å². The maximum Gasteiger partial charge on any atom is 0.223 e. The largest absolute Gasteiger partial charge is 0.356 e. The Bertz CT molecular complexity index is 781. The number of hydrogen-bond acceptors (Lipinski definition) is 6. The molecule has 0 atom stereocenters. The molecule has 0 bridgehead atoms. The Hall–Kier alpha value is -1.83. The first-order valence-corrected chi connectivity index (χ1v) is 10.6. The fourth-order valence-electron chi connectivity index (χ4n) is 3.55. The Balaban J connectivity index is 1.53. The SMILES string of the molecule is CCSc1nc(N2CCCC2)c2cnn(CCNC(=O)C3CCC3)c2n1. The summed E-state index contributed by atoms with van der Waals surface area (Å²) in [7, 11) is 0. The van der Waals surface area contributed by atoms with Crippen molar-refractivity contribution in [2.24, 2.45) is 5.92 Å². The quantitative estimate of drug-likeness (QED) is 0.593. The molecule has 1 saturated carbocycles. The van der Waals surface area contributed by atoms with Crippen LogP contribution in [-0.2, 0) is 11.3 Å². The van der Waals surface area contributed by atoms with Crippen LogP contribution >= 0.6 is 11.8 Å². The highest BCUT2D eigenvalue weighted by molar-refractivity contribution is 7.99. The molecule has 0 aromatic carbocycles. The van der Waals surface area contributed by atoms with Gasteiger partial charge in [-0.3, -0.25) is 4.79 Å². The van der Waals surface area contributed by atoms with Gasteiger partial charge in [0.1, 0.15) is 5.82 Å². The Morgan fingerprint density at radius 2 is 2.08 bits per heavy atom. The third-order valence-electron chi connectivity index (χ3n) is 5.23. The van der Waals surface area contributed by atoms with Gasteiger partial charge in [0.25, 0.3) is 0 Å². The summed E-state index contributed by atoms with van der Waals surface area (Å²) in [4.78, 5) is 23.9. The van der Waals surface area contributed by atoms with Crippen molar-refractivity contribution in [1.82, 2.24) is 25.1 Å². The van der Waals surface area contributed by atoms with E-state index in [0.717, 1.165) is 53.7 Å². The van der Waals surface area contributed by atoms with Crippen molar-refractivity contribution in [2.45, 2.75) is 50.7 Å². The number of thioether (sulfide) groups is 1. The molecule has 26 heavy (non-hydrogen) atoms. The maximum absolute atomic E-state index is 12.0. The average molecular weight is 375 g/mol. The van der Waals surface area contributed by atoms with Crippen LogP contribution in [0.2, 0.25) is 0 Å². The summed E-state index contributed by atoms with van der Waals surface area (Å²) in [6, 6.07) is 0. The topological polar surface area (TPSA) is 75.9 Å². The number of fused-ring (bicyclic) bond motifs is 1. The van der Waals surface area contributed by atoms with Crippen molar-refractivity contribution in [3.8, 4) is 0 Å². The van der Waals surface area contributed by atoms with E-state index in [1.807, 2.05) is 10.9 Å². The summed E-state index contributed by atoms with van der Waals surface area (Å²) in [6.07, 6.45) is 7.53. The number of nitrogens with one attached hydrogen (secondary N) is 1. The second-order valence-electron chi connectivity index (χ2n) is 6.98. The molecule has 1 aliphatic carbocycles. The fourth-order valence-corrected chi connectivity index (χ4v) is 4.11. The number of carbonyl (C=O) groups excluding carboxylic acids is 1. The van der Waals surface area contributed by atoms with E-state index in [9.17, 15) is 4.79 Å². The van der Waals surface area contributed by atoms with Gasteiger partial charge in [-0.25, -0.2) is 14.6 Å². The molecule has 1 aliphatic heterocycles. The van der Waals surface area contributed by atoms with Gasteiger partial charge < -0.3 is 10.2 Å². The molecule has 3 heterocycles. The molecule has 2 fully saturated rings. The molecule has 1 saturated heterocycles. The predicted octanol–water partition coefficient (Wildman–Crippen LogP) is 2.45. The van der Waals surface area contributed by atoms with Crippen LogP contribution in [0.15, 0.2) is 11.4 Å². The molecule has 4 rings (SSSR count). The lowest BCUT2D eigenvalue weighted by Gasteiger charge is -2.24.